The van der Waals surface area contributed by atoms with E-state index in [1.54, 1.807) is 0 Å². The van der Waals surface area contributed by atoms with Crippen molar-refractivity contribution in [2.75, 3.05) is 16.5 Å². The van der Waals surface area contributed by atoms with Crippen molar-refractivity contribution in [3.05, 3.63) is 181 Å². The third-order valence-corrected chi connectivity index (χ3v) is 21.9. The molecule has 2 aromatic heterocycles. The Morgan fingerprint density at radius 2 is 1.10 bits per heavy atom. The van der Waals surface area contributed by atoms with Gasteiger partial charge in [0.05, 0.1) is 0 Å². The monoisotopic (exact) mass is 952 g/mol. The van der Waals surface area contributed by atoms with Crippen molar-refractivity contribution in [1.82, 2.24) is 9.55 Å². The molecule has 4 heterocycles. The van der Waals surface area contributed by atoms with Gasteiger partial charge in [-0.25, -0.2) is 0 Å². The molecular weight excluding hydrogens is 889 g/mol. The standard InChI is InChI=1S/C62H62GeN4O/c1-60(2,3)42-30-31-64-56(35-42)67-54-29-19-26-50-57(54)58-51(63(50,10)11)37-47(38-55(58)67)68-46-23-17-22-45(36-46)65-39-66(53-28-16-15-27-52(53)65)59-48(40-20-13-12-14-21-40)24-18-25-49(59)41-32-43(61(4,5)6)34-44(33-41)62(7,8)9/h12-38H,39H2,1-11H3. The van der Waals surface area contributed by atoms with Crippen molar-refractivity contribution in [2.24, 2.45) is 0 Å². The molecule has 0 aliphatic carbocycles. The molecule has 0 radical (unpaired) electrons. The zero-order chi connectivity index (χ0) is 47.5. The molecule has 2 aliphatic heterocycles. The molecule has 5 nitrogen and oxygen atoms in total. The molecule has 11 rings (SSSR count). The van der Waals surface area contributed by atoms with Crippen molar-refractivity contribution >= 4 is 66.6 Å². The summed E-state index contributed by atoms with van der Waals surface area (Å²) in [6, 6.07) is 58.4. The van der Waals surface area contributed by atoms with E-state index >= 15 is 0 Å². The average Bonchev–Trinajstić information content (AvgIpc) is 3.94. The fourth-order valence-electron chi connectivity index (χ4n) is 10.7. The first-order chi connectivity index (χ1) is 32.4. The Balaban J connectivity index is 1.02. The Hall–Kier alpha value is -6.57. The molecule has 68 heavy (non-hydrogen) atoms. The molecular formula is C62H62GeN4O. The molecule has 0 fully saturated rings. The van der Waals surface area contributed by atoms with Crippen LogP contribution in [0, 0.1) is 0 Å². The van der Waals surface area contributed by atoms with Gasteiger partial charge in [-0.15, -0.1) is 0 Å². The number of para-hydroxylation sites is 3. The Kier molecular flexibility index (Phi) is 10.2. The van der Waals surface area contributed by atoms with E-state index in [1.165, 1.54) is 75.4 Å². The summed E-state index contributed by atoms with van der Waals surface area (Å²) in [5.41, 5.74) is 15.7. The fraction of sp³-hybridized carbons (Fsp3) is 0.242. The molecule has 6 heteroatoms. The molecule has 0 unspecified atom stereocenters. The summed E-state index contributed by atoms with van der Waals surface area (Å²) in [4.78, 5) is 9.96. The summed E-state index contributed by atoms with van der Waals surface area (Å²) in [7, 11) is 0. The summed E-state index contributed by atoms with van der Waals surface area (Å²) in [5.74, 6) is 7.66. The van der Waals surface area contributed by atoms with Crippen LogP contribution < -0.4 is 23.3 Å². The smallest absolute Gasteiger partial charge is 0.0132 e. The second-order valence-electron chi connectivity index (χ2n) is 22.6. The molecule has 0 bridgehead atoms. The van der Waals surface area contributed by atoms with Crippen molar-refractivity contribution in [3.63, 3.8) is 0 Å². The maximum absolute atomic E-state index is 7.06. The molecule has 0 saturated heterocycles. The number of anilines is 4. The zero-order valence-corrected chi connectivity index (χ0v) is 43.6. The van der Waals surface area contributed by atoms with Gasteiger partial charge in [0.25, 0.3) is 0 Å². The molecule has 340 valence electrons. The molecule has 2 aliphatic rings. The topological polar surface area (TPSA) is 33.5 Å². The van der Waals surface area contributed by atoms with Gasteiger partial charge in [0.1, 0.15) is 0 Å². The van der Waals surface area contributed by atoms with Gasteiger partial charge in [0.2, 0.25) is 0 Å². The van der Waals surface area contributed by atoms with Gasteiger partial charge in [0, 0.05) is 0 Å². The second-order valence-corrected chi connectivity index (χ2v) is 31.7. The second kappa shape index (κ2) is 15.7. The molecule has 0 atom stereocenters. The number of nitrogens with zero attached hydrogens (tertiary/aromatic N) is 4. The third-order valence-electron chi connectivity index (χ3n) is 14.5. The first kappa shape index (κ1) is 44.0. The van der Waals surface area contributed by atoms with E-state index in [4.69, 9.17) is 9.72 Å². The van der Waals surface area contributed by atoms with Crippen LogP contribution in [-0.2, 0) is 16.2 Å². The molecule has 0 spiro atoms. The number of hydrogen-bond donors (Lipinski definition) is 0. The van der Waals surface area contributed by atoms with E-state index in [0.29, 0.717) is 6.67 Å². The Labute approximate surface area is 405 Å². The largest absolute Gasteiger partial charge is 0.0561 e. The molecule has 7 aromatic carbocycles. The van der Waals surface area contributed by atoms with Crippen LogP contribution in [0.15, 0.2) is 164 Å². The number of rotatable bonds is 7. The van der Waals surface area contributed by atoms with Gasteiger partial charge in [-0.1, -0.05) is 108 Å². The minimum absolute atomic E-state index is 0.00485. The fourth-order valence-corrected chi connectivity index (χ4v) is 17.1. The third kappa shape index (κ3) is 7.33. The summed E-state index contributed by atoms with van der Waals surface area (Å²) in [6.07, 6.45) is 1.96. The first-order valence-corrected chi connectivity index (χ1v) is 30.5. The van der Waals surface area contributed by atoms with Crippen LogP contribution >= 0.6 is 0 Å². The molecule has 0 N–H and O–H groups in total. The zero-order valence-electron chi connectivity index (χ0n) is 41.5. The number of hydrogen-bond acceptors (Lipinski definition) is 4. The Morgan fingerprint density at radius 1 is 0.485 bits per heavy atom. The average molecular weight is 952 g/mol. The van der Waals surface area contributed by atoms with E-state index in [1.807, 2.05) is 6.20 Å². The van der Waals surface area contributed by atoms with E-state index in [0.717, 1.165) is 34.2 Å². The van der Waals surface area contributed by atoms with Crippen LogP contribution in [-0.4, -0.2) is 29.5 Å². The van der Waals surface area contributed by atoms with Gasteiger partial charge < -0.3 is 0 Å². The van der Waals surface area contributed by atoms with Crippen LogP contribution in [0.2, 0.25) is 11.5 Å². The predicted molar refractivity (Wildman–Crippen MR) is 291 cm³/mol. The summed E-state index contributed by atoms with van der Waals surface area (Å²) < 4.78 is 12.4. The maximum Gasteiger partial charge on any atom is -0.0132 e. The van der Waals surface area contributed by atoms with Crippen molar-refractivity contribution in [3.8, 4) is 39.6 Å². The van der Waals surface area contributed by atoms with E-state index in [-0.39, 0.29) is 16.2 Å². The van der Waals surface area contributed by atoms with Crippen molar-refractivity contribution in [1.29, 1.82) is 0 Å². The van der Waals surface area contributed by atoms with Gasteiger partial charge in [-0.2, -0.15) is 0 Å². The number of benzene rings is 7. The summed E-state index contributed by atoms with van der Waals surface area (Å²) in [5, 5.41) is 2.76. The Morgan fingerprint density at radius 3 is 1.79 bits per heavy atom. The first-order valence-electron chi connectivity index (χ1n) is 24.2. The minimum Gasteiger partial charge on any atom is -0.0561 e. The number of fused-ring (bicyclic) bond motifs is 1. The van der Waals surface area contributed by atoms with E-state index in [2.05, 4.69) is 246 Å². The van der Waals surface area contributed by atoms with Crippen LogP contribution in [0.4, 0.5) is 22.7 Å². The van der Waals surface area contributed by atoms with Crippen LogP contribution in [0.3, 0.4) is 0 Å². The summed E-state index contributed by atoms with van der Waals surface area (Å²) in [6.45, 7) is 21.4. The molecule has 0 saturated carbocycles. The SMILES string of the molecule is CC(C)(C)c1cc(-c2cccc(-c3ccccc3)c2N2CN(c3cccc(Oc4c[c]5c6c7[c](cccc7n(-c7cc(C(C)(C)C)ccn7)c6c4)[Ge]5([CH3])[CH3])c3)c3ccccc32)cc(C(C)(C)C)c1. The summed E-state index contributed by atoms with van der Waals surface area (Å²) >= 11 is -2.67. The van der Waals surface area contributed by atoms with Crippen LogP contribution in [0.25, 0.3) is 49.9 Å². The van der Waals surface area contributed by atoms with E-state index in [9.17, 15) is 0 Å². The van der Waals surface area contributed by atoms with Gasteiger partial charge in [-0.3, -0.25) is 0 Å². The molecule has 0 amide bonds. The normalized spacial score (nSPS) is 14.4. The van der Waals surface area contributed by atoms with Crippen molar-refractivity contribution < 1.29 is 4.74 Å². The Bertz CT molecular complexity index is 3420. The van der Waals surface area contributed by atoms with Crippen molar-refractivity contribution in [2.45, 2.75) is 90.1 Å². The van der Waals surface area contributed by atoms with E-state index < -0.39 is 13.3 Å². The van der Waals surface area contributed by atoms with Gasteiger partial charge in [-0.05, 0) is 33.1 Å². The van der Waals surface area contributed by atoms with Crippen LogP contribution in [0.1, 0.15) is 79.0 Å². The number of pyridine rings is 1. The minimum atomic E-state index is -2.67. The number of aromatic nitrogens is 2. The molecule has 9 aromatic rings. The predicted octanol–water partition coefficient (Wildman–Crippen LogP) is 15.6. The van der Waals surface area contributed by atoms with Gasteiger partial charge >= 0.3 is 266 Å². The maximum atomic E-state index is 7.06. The van der Waals surface area contributed by atoms with Gasteiger partial charge in [0.15, 0.2) is 0 Å². The quantitative estimate of drug-likeness (QED) is 0.149. The van der Waals surface area contributed by atoms with Crippen LogP contribution in [0.5, 0.6) is 11.5 Å². The number of ether oxygens (including phenoxy) is 1.